The zero-order valence-corrected chi connectivity index (χ0v) is 20.1. The van der Waals surface area contributed by atoms with Gasteiger partial charge in [-0.25, -0.2) is 0 Å². The second-order valence-electron chi connectivity index (χ2n) is 9.96. The molecule has 0 bridgehead atoms. The van der Waals surface area contributed by atoms with Crippen LogP contribution in [0.25, 0.3) is 0 Å². The third-order valence-corrected chi connectivity index (χ3v) is 6.44. The van der Waals surface area contributed by atoms with Crippen LogP contribution in [0.15, 0.2) is 30.3 Å². The van der Waals surface area contributed by atoms with E-state index in [4.69, 9.17) is 0 Å². The van der Waals surface area contributed by atoms with Gasteiger partial charge in [-0.1, -0.05) is 51.1 Å². The fraction of sp³-hybridized carbons (Fsp3) is 0.600. The fourth-order valence-corrected chi connectivity index (χ4v) is 4.69. The Bertz CT molecular complexity index is 880. The normalized spacial score (nSPS) is 21.6. The number of hydrogen-bond acceptors (Lipinski definition) is 4. The molecule has 3 rings (SSSR count). The van der Waals surface area contributed by atoms with Crippen molar-refractivity contribution in [1.82, 2.24) is 20.4 Å². The number of nitrogens with zero attached hydrogens (tertiary/aromatic N) is 2. The number of hydrogen-bond donors (Lipinski definition) is 2. The van der Waals surface area contributed by atoms with Crippen LogP contribution >= 0.6 is 0 Å². The van der Waals surface area contributed by atoms with E-state index in [-0.39, 0.29) is 23.6 Å². The first-order chi connectivity index (χ1) is 15.6. The lowest BCUT2D eigenvalue weighted by Gasteiger charge is -2.34. The van der Waals surface area contributed by atoms with Gasteiger partial charge in [0.2, 0.25) is 23.6 Å². The van der Waals surface area contributed by atoms with Gasteiger partial charge in [-0.3, -0.25) is 19.2 Å². The van der Waals surface area contributed by atoms with Crippen molar-refractivity contribution in [3.63, 3.8) is 0 Å². The minimum absolute atomic E-state index is 0.0407. The molecule has 2 saturated heterocycles. The molecule has 0 spiro atoms. The molecule has 2 N–H and O–H groups in total. The van der Waals surface area contributed by atoms with Gasteiger partial charge in [0, 0.05) is 32.0 Å². The molecule has 1 aromatic rings. The van der Waals surface area contributed by atoms with Crippen molar-refractivity contribution < 1.29 is 19.2 Å². The number of carbonyl (C=O) groups is 4. The fourth-order valence-electron chi connectivity index (χ4n) is 4.69. The van der Waals surface area contributed by atoms with Gasteiger partial charge in [-0.2, -0.15) is 0 Å². The highest BCUT2D eigenvalue weighted by Crippen LogP contribution is 2.29. The van der Waals surface area contributed by atoms with Gasteiger partial charge in [0.05, 0.1) is 0 Å². The van der Waals surface area contributed by atoms with Crippen molar-refractivity contribution in [1.29, 1.82) is 0 Å². The number of amides is 4. The van der Waals surface area contributed by atoms with Gasteiger partial charge in [0.1, 0.15) is 18.1 Å². The van der Waals surface area contributed by atoms with Gasteiger partial charge < -0.3 is 20.4 Å². The van der Waals surface area contributed by atoms with Crippen LogP contribution in [0, 0.1) is 5.41 Å². The Morgan fingerprint density at radius 3 is 2.18 bits per heavy atom. The number of likely N-dealkylation sites (N-methyl/N-ethyl adjacent to an activating group) is 1. The summed E-state index contributed by atoms with van der Waals surface area (Å²) < 4.78 is 0. The maximum Gasteiger partial charge on any atom is 0.246 e. The van der Waals surface area contributed by atoms with E-state index in [1.807, 2.05) is 51.1 Å². The highest BCUT2D eigenvalue weighted by atomic mass is 16.2. The highest BCUT2D eigenvalue weighted by Gasteiger charge is 2.44. The third-order valence-electron chi connectivity index (χ3n) is 6.44. The van der Waals surface area contributed by atoms with E-state index in [0.29, 0.717) is 38.8 Å². The van der Waals surface area contributed by atoms with Gasteiger partial charge in [-0.05, 0) is 31.2 Å². The number of carbonyl (C=O) groups excluding carboxylic acids is 4. The molecule has 2 aliphatic heterocycles. The average Bonchev–Trinajstić information content (AvgIpc) is 3.47. The predicted octanol–water partition coefficient (Wildman–Crippen LogP) is 1.49. The molecule has 2 aliphatic rings. The molecule has 1 aromatic carbocycles. The van der Waals surface area contributed by atoms with Crippen molar-refractivity contribution in [2.75, 3.05) is 20.1 Å². The third kappa shape index (κ3) is 5.72. The molecule has 180 valence electrons. The zero-order valence-electron chi connectivity index (χ0n) is 20.1. The largest absolute Gasteiger partial charge is 0.357 e. The maximum absolute atomic E-state index is 13.4. The summed E-state index contributed by atoms with van der Waals surface area (Å²) in [5.41, 5.74) is 0.371. The molecule has 4 amide bonds. The molecule has 0 radical (unpaired) electrons. The van der Waals surface area contributed by atoms with Crippen molar-refractivity contribution in [3.8, 4) is 0 Å². The van der Waals surface area contributed by atoms with Crippen molar-refractivity contribution in [2.24, 2.45) is 5.41 Å². The van der Waals surface area contributed by atoms with Gasteiger partial charge in [-0.15, -0.1) is 0 Å². The van der Waals surface area contributed by atoms with E-state index in [1.165, 1.54) is 0 Å². The van der Waals surface area contributed by atoms with Crippen LogP contribution in [0.5, 0.6) is 0 Å². The molecule has 8 nitrogen and oxygen atoms in total. The van der Waals surface area contributed by atoms with Crippen molar-refractivity contribution in [3.05, 3.63) is 35.9 Å². The highest BCUT2D eigenvalue weighted by molar-refractivity contribution is 5.95. The van der Waals surface area contributed by atoms with Crippen molar-refractivity contribution in [2.45, 2.75) is 71.0 Å². The first kappa shape index (κ1) is 24.7. The van der Waals surface area contributed by atoms with Gasteiger partial charge >= 0.3 is 0 Å². The van der Waals surface area contributed by atoms with Gasteiger partial charge in [0.15, 0.2) is 0 Å². The van der Waals surface area contributed by atoms with E-state index in [0.717, 1.165) is 12.0 Å². The topological polar surface area (TPSA) is 98.8 Å². The van der Waals surface area contributed by atoms with Crippen LogP contribution in [-0.2, 0) is 25.6 Å². The number of likely N-dealkylation sites (tertiary alicyclic amines) is 2. The Kier molecular flexibility index (Phi) is 7.76. The lowest BCUT2D eigenvalue weighted by Crippen LogP contribution is -2.56. The molecule has 0 aromatic heterocycles. The minimum Gasteiger partial charge on any atom is -0.357 e. The smallest absolute Gasteiger partial charge is 0.246 e. The molecule has 0 saturated carbocycles. The molecular formula is C25H36N4O4. The molecule has 0 unspecified atom stereocenters. The molecule has 2 fully saturated rings. The lowest BCUT2D eigenvalue weighted by atomic mass is 9.94. The number of nitrogens with one attached hydrogen (secondary N) is 2. The Morgan fingerprint density at radius 1 is 0.970 bits per heavy atom. The Labute approximate surface area is 196 Å². The van der Waals surface area contributed by atoms with Crippen LogP contribution in [0.4, 0.5) is 0 Å². The second-order valence-corrected chi connectivity index (χ2v) is 9.96. The van der Waals surface area contributed by atoms with Crippen LogP contribution in [-0.4, -0.2) is 71.7 Å². The standard InChI is InChI=1S/C25H36N4O4/c1-25(2,3)24(33)29-15-9-13-20(29)23(32)28-14-8-12-19(28)22(31)27-18(21(30)26-4)16-17-10-6-5-7-11-17/h5-7,10-11,18-20H,8-9,12-16H2,1-4H3,(H,26,30)(H,27,31)/t18-,19+,20-/m0/s1. The Balaban J connectivity index is 1.71. The van der Waals surface area contributed by atoms with E-state index in [2.05, 4.69) is 10.6 Å². The summed E-state index contributed by atoms with van der Waals surface area (Å²) in [4.78, 5) is 55.3. The first-order valence-corrected chi connectivity index (χ1v) is 11.8. The molecular weight excluding hydrogens is 420 g/mol. The first-order valence-electron chi connectivity index (χ1n) is 11.8. The van der Waals surface area contributed by atoms with Crippen LogP contribution in [0.1, 0.15) is 52.0 Å². The number of benzene rings is 1. The average molecular weight is 457 g/mol. The van der Waals surface area contributed by atoms with E-state index >= 15 is 0 Å². The zero-order chi connectivity index (χ0) is 24.2. The monoisotopic (exact) mass is 456 g/mol. The van der Waals surface area contributed by atoms with Gasteiger partial charge in [0.25, 0.3) is 0 Å². The summed E-state index contributed by atoms with van der Waals surface area (Å²) in [6, 6.07) is 7.62. The van der Waals surface area contributed by atoms with Crippen LogP contribution < -0.4 is 10.6 Å². The SMILES string of the molecule is CNC(=O)[C@H](Cc1ccccc1)NC(=O)[C@H]1CCCN1C(=O)[C@@H]1CCCN1C(=O)C(C)(C)C. The molecule has 2 heterocycles. The van der Waals surface area contributed by atoms with Crippen LogP contribution in [0.3, 0.4) is 0 Å². The minimum atomic E-state index is -0.729. The van der Waals surface area contributed by atoms with E-state index in [9.17, 15) is 19.2 Å². The second kappa shape index (κ2) is 10.4. The Morgan fingerprint density at radius 2 is 1.58 bits per heavy atom. The quantitative estimate of drug-likeness (QED) is 0.678. The predicted molar refractivity (Wildman–Crippen MR) is 125 cm³/mol. The van der Waals surface area contributed by atoms with Crippen molar-refractivity contribution >= 4 is 23.6 Å². The molecule has 3 atom stereocenters. The summed E-state index contributed by atoms with van der Waals surface area (Å²) >= 11 is 0. The van der Waals surface area contributed by atoms with E-state index < -0.39 is 23.5 Å². The Hall–Kier alpha value is -2.90. The summed E-state index contributed by atoms with van der Waals surface area (Å²) in [6.07, 6.45) is 3.01. The summed E-state index contributed by atoms with van der Waals surface area (Å²) in [5.74, 6) is -0.804. The molecule has 0 aliphatic carbocycles. The lowest BCUT2D eigenvalue weighted by molar-refractivity contribution is -0.150. The summed E-state index contributed by atoms with van der Waals surface area (Å²) in [5, 5.41) is 5.48. The molecule has 33 heavy (non-hydrogen) atoms. The molecule has 8 heteroatoms. The van der Waals surface area contributed by atoms with E-state index in [1.54, 1.807) is 16.8 Å². The summed E-state index contributed by atoms with van der Waals surface area (Å²) in [6.45, 7) is 6.61. The number of rotatable bonds is 6. The van der Waals surface area contributed by atoms with Crippen LogP contribution in [0.2, 0.25) is 0 Å². The maximum atomic E-state index is 13.4. The summed E-state index contributed by atoms with van der Waals surface area (Å²) in [7, 11) is 1.54.